The molecule has 2 aliphatic rings. The molecule has 21 heavy (non-hydrogen) atoms. The quantitative estimate of drug-likeness (QED) is 0.799. The fourth-order valence-electron chi connectivity index (χ4n) is 3.07. The highest BCUT2D eigenvalue weighted by Crippen LogP contribution is 2.34. The van der Waals surface area contributed by atoms with Crippen molar-refractivity contribution in [3.05, 3.63) is 22.4 Å². The highest BCUT2D eigenvalue weighted by molar-refractivity contribution is 7.10. The van der Waals surface area contributed by atoms with Crippen molar-refractivity contribution < 1.29 is 14.4 Å². The van der Waals surface area contributed by atoms with E-state index in [1.807, 2.05) is 16.3 Å². The minimum Gasteiger partial charge on any atom is -0.335 e. The van der Waals surface area contributed by atoms with E-state index >= 15 is 0 Å². The molecule has 0 aliphatic carbocycles. The van der Waals surface area contributed by atoms with E-state index in [0.29, 0.717) is 0 Å². The van der Waals surface area contributed by atoms with Crippen LogP contribution in [0.2, 0.25) is 0 Å². The first-order valence-corrected chi connectivity index (χ1v) is 8.21. The lowest BCUT2D eigenvalue weighted by Crippen LogP contribution is -2.36. The van der Waals surface area contributed by atoms with Crippen molar-refractivity contribution in [3.8, 4) is 0 Å². The zero-order chi connectivity index (χ0) is 14.8. The number of amides is 3. The molecule has 0 N–H and O–H groups in total. The van der Waals surface area contributed by atoms with Crippen molar-refractivity contribution in [2.75, 3.05) is 13.1 Å². The SMILES string of the molecule is O=C1CCC(=O)N1CCC(=O)N1CCC[C@H]1c1cccs1. The lowest BCUT2D eigenvalue weighted by Gasteiger charge is -2.25. The molecule has 0 saturated carbocycles. The van der Waals surface area contributed by atoms with Gasteiger partial charge in [0.25, 0.3) is 0 Å². The third kappa shape index (κ3) is 2.85. The number of likely N-dealkylation sites (tertiary alicyclic amines) is 2. The predicted octanol–water partition coefficient (Wildman–Crippen LogP) is 1.95. The number of carbonyl (C=O) groups excluding carboxylic acids is 3. The van der Waals surface area contributed by atoms with Crippen LogP contribution in [0.4, 0.5) is 0 Å². The number of carbonyl (C=O) groups is 3. The number of hydrogen-bond acceptors (Lipinski definition) is 4. The largest absolute Gasteiger partial charge is 0.335 e. The van der Waals surface area contributed by atoms with Crippen LogP contribution in [0.5, 0.6) is 0 Å². The molecular formula is C15H18N2O3S. The van der Waals surface area contributed by atoms with E-state index in [2.05, 4.69) is 6.07 Å². The topological polar surface area (TPSA) is 57.7 Å². The third-order valence-corrected chi connectivity index (χ3v) is 5.12. The van der Waals surface area contributed by atoms with E-state index in [-0.39, 0.29) is 49.6 Å². The van der Waals surface area contributed by atoms with Gasteiger partial charge < -0.3 is 4.90 Å². The summed E-state index contributed by atoms with van der Waals surface area (Å²) >= 11 is 1.67. The van der Waals surface area contributed by atoms with Crippen molar-refractivity contribution in [3.63, 3.8) is 0 Å². The standard InChI is InChI=1S/C15H18N2O3S/c18-13-5-6-14(19)17(13)9-7-15(20)16-8-1-3-11(16)12-4-2-10-21-12/h2,4,10-11H,1,3,5-9H2/t11-/m0/s1. The monoisotopic (exact) mass is 306 g/mol. The molecule has 3 rings (SSSR count). The fourth-order valence-corrected chi connectivity index (χ4v) is 3.94. The second kappa shape index (κ2) is 5.97. The second-order valence-electron chi connectivity index (χ2n) is 5.45. The summed E-state index contributed by atoms with van der Waals surface area (Å²) in [4.78, 5) is 39.9. The van der Waals surface area contributed by atoms with Crippen LogP contribution in [0, 0.1) is 0 Å². The number of imide groups is 1. The smallest absolute Gasteiger partial charge is 0.229 e. The molecule has 5 nitrogen and oxygen atoms in total. The molecule has 2 aliphatic heterocycles. The normalized spacial score (nSPS) is 22.4. The summed E-state index contributed by atoms with van der Waals surface area (Å²) < 4.78 is 0. The van der Waals surface area contributed by atoms with Gasteiger partial charge in [0.1, 0.15) is 0 Å². The first kappa shape index (κ1) is 14.3. The van der Waals surface area contributed by atoms with Gasteiger partial charge in [0.2, 0.25) is 17.7 Å². The number of hydrogen-bond donors (Lipinski definition) is 0. The summed E-state index contributed by atoms with van der Waals surface area (Å²) in [7, 11) is 0. The first-order chi connectivity index (χ1) is 10.2. The van der Waals surface area contributed by atoms with Gasteiger partial charge in [-0.25, -0.2) is 0 Å². The highest BCUT2D eigenvalue weighted by atomic mass is 32.1. The molecular weight excluding hydrogens is 288 g/mol. The predicted molar refractivity (Wildman–Crippen MR) is 78.6 cm³/mol. The summed E-state index contributed by atoms with van der Waals surface area (Å²) in [6.07, 6.45) is 2.81. The van der Waals surface area contributed by atoms with Crippen LogP contribution in [0.3, 0.4) is 0 Å². The van der Waals surface area contributed by atoms with Gasteiger partial charge in [-0.2, -0.15) is 0 Å². The molecule has 2 saturated heterocycles. The molecule has 0 bridgehead atoms. The van der Waals surface area contributed by atoms with Crippen LogP contribution in [-0.2, 0) is 14.4 Å². The molecule has 0 aromatic carbocycles. The Balaban J connectivity index is 1.60. The Morgan fingerprint density at radius 1 is 1.29 bits per heavy atom. The Bertz CT molecular complexity index is 539. The molecule has 0 spiro atoms. The molecule has 3 amide bonds. The lowest BCUT2D eigenvalue weighted by molar-refractivity contribution is -0.139. The van der Waals surface area contributed by atoms with E-state index in [1.165, 1.54) is 9.78 Å². The van der Waals surface area contributed by atoms with E-state index < -0.39 is 0 Å². The average molecular weight is 306 g/mol. The van der Waals surface area contributed by atoms with E-state index in [0.717, 1.165) is 19.4 Å². The number of thiophene rings is 1. The zero-order valence-corrected chi connectivity index (χ0v) is 12.6. The third-order valence-electron chi connectivity index (χ3n) is 4.15. The highest BCUT2D eigenvalue weighted by Gasteiger charge is 2.33. The Hall–Kier alpha value is -1.69. The molecule has 2 fully saturated rings. The van der Waals surface area contributed by atoms with Crippen LogP contribution >= 0.6 is 11.3 Å². The van der Waals surface area contributed by atoms with Gasteiger partial charge in [0.15, 0.2) is 0 Å². The summed E-state index contributed by atoms with van der Waals surface area (Å²) in [6.45, 7) is 0.994. The fraction of sp³-hybridized carbons (Fsp3) is 0.533. The van der Waals surface area contributed by atoms with Gasteiger partial charge in [-0.15, -0.1) is 11.3 Å². The molecule has 6 heteroatoms. The van der Waals surface area contributed by atoms with Crippen molar-refractivity contribution >= 4 is 29.1 Å². The minimum absolute atomic E-state index is 0.0402. The minimum atomic E-state index is -0.149. The van der Waals surface area contributed by atoms with Crippen LogP contribution in [0.25, 0.3) is 0 Å². The maximum Gasteiger partial charge on any atom is 0.229 e. The Labute approximate surface area is 127 Å². The maximum atomic E-state index is 12.4. The van der Waals surface area contributed by atoms with Gasteiger partial charge in [0, 0.05) is 37.2 Å². The van der Waals surface area contributed by atoms with Crippen molar-refractivity contribution in [2.24, 2.45) is 0 Å². The van der Waals surface area contributed by atoms with Crippen molar-refractivity contribution in [2.45, 2.75) is 38.1 Å². The summed E-state index contributed by atoms with van der Waals surface area (Å²) in [5, 5.41) is 2.03. The number of rotatable bonds is 4. The molecule has 0 radical (unpaired) electrons. The molecule has 112 valence electrons. The Kier molecular flexibility index (Phi) is 4.05. The summed E-state index contributed by atoms with van der Waals surface area (Å²) in [5.41, 5.74) is 0. The van der Waals surface area contributed by atoms with Gasteiger partial charge >= 0.3 is 0 Å². The average Bonchev–Trinajstić information content (AvgIpc) is 3.18. The molecule has 1 aromatic heterocycles. The van der Waals surface area contributed by atoms with Gasteiger partial charge in [-0.1, -0.05) is 6.07 Å². The molecule has 1 aromatic rings. The second-order valence-corrected chi connectivity index (χ2v) is 6.43. The van der Waals surface area contributed by atoms with Crippen LogP contribution in [-0.4, -0.2) is 40.6 Å². The first-order valence-electron chi connectivity index (χ1n) is 7.33. The maximum absolute atomic E-state index is 12.4. The molecule has 0 unspecified atom stereocenters. The van der Waals surface area contributed by atoms with Gasteiger partial charge in [-0.05, 0) is 24.3 Å². The zero-order valence-electron chi connectivity index (χ0n) is 11.8. The Morgan fingerprint density at radius 3 is 2.71 bits per heavy atom. The summed E-state index contributed by atoms with van der Waals surface area (Å²) in [5.74, 6) is -0.258. The number of nitrogens with zero attached hydrogens (tertiary/aromatic N) is 2. The van der Waals surface area contributed by atoms with Crippen molar-refractivity contribution in [1.29, 1.82) is 0 Å². The summed E-state index contributed by atoms with van der Waals surface area (Å²) in [6, 6.07) is 4.24. The van der Waals surface area contributed by atoms with E-state index in [4.69, 9.17) is 0 Å². The van der Waals surface area contributed by atoms with Crippen LogP contribution < -0.4 is 0 Å². The van der Waals surface area contributed by atoms with Crippen molar-refractivity contribution in [1.82, 2.24) is 9.80 Å². The van der Waals surface area contributed by atoms with Crippen LogP contribution in [0.15, 0.2) is 17.5 Å². The van der Waals surface area contributed by atoms with Gasteiger partial charge in [-0.3, -0.25) is 19.3 Å². The van der Waals surface area contributed by atoms with Crippen LogP contribution in [0.1, 0.15) is 43.0 Å². The molecule has 1 atom stereocenters. The lowest BCUT2D eigenvalue weighted by atomic mass is 10.2. The Morgan fingerprint density at radius 2 is 2.05 bits per heavy atom. The van der Waals surface area contributed by atoms with E-state index in [9.17, 15) is 14.4 Å². The van der Waals surface area contributed by atoms with E-state index in [1.54, 1.807) is 11.3 Å². The molecule has 3 heterocycles. The van der Waals surface area contributed by atoms with Gasteiger partial charge in [0.05, 0.1) is 6.04 Å².